The minimum Gasteiger partial charge on any atom is -0.508 e. The summed E-state index contributed by atoms with van der Waals surface area (Å²) in [7, 11) is 0. The molecule has 1 aromatic rings. The molecule has 15 heavy (non-hydrogen) atoms. The minimum atomic E-state index is -0.422. The van der Waals surface area contributed by atoms with E-state index in [0.29, 0.717) is 5.56 Å². The summed E-state index contributed by atoms with van der Waals surface area (Å²) in [6.07, 6.45) is 4.76. The number of phenols is 1. The highest BCUT2D eigenvalue weighted by atomic mass is 16.3. The SMILES string of the molecule is NC1(c2cc(O)ccc2C=O)CCCC1. The first kappa shape index (κ1) is 10.2. The van der Waals surface area contributed by atoms with E-state index in [1.165, 1.54) is 6.07 Å². The van der Waals surface area contributed by atoms with Gasteiger partial charge in [-0.2, -0.15) is 0 Å². The average Bonchev–Trinajstić information content (AvgIpc) is 2.66. The molecule has 0 radical (unpaired) electrons. The molecule has 3 heteroatoms. The number of hydrogen-bond donors (Lipinski definition) is 2. The molecule has 1 fully saturated rings. The fraction of sp³-hybridized carbons (Fsp3) is 0.417. The summed E-state index contributed by atoms with van der Waals surface area (Å²) in [4.78, 5) is 10.9. The minimum absolute atomic E-state index is 0.173. The summed E-state index contributed by atoms with van der Waals surface area (Å²) in [5, 5.41) is 9.44. The average molecular weight is 205 g/mol. The van der Waals surface area contributed by atoms with Gasteiger partial charge in [0.1, 0.15) is 12.0 Å². The van der Waals surface area contributed by atoms with Crippen LogP contribution in [0.5, 0.6) is 5.75 Å². The van der Waals surface area contributed by atoms with Crippen LogP contribution in [0.25, 0.3) is 0 Å². The van der Waals surface area contributed by atoms with Gasteiger partial charge in [0.2, 0.25) is 0 Å². The molecule has 0 saturated heterocycles. The van der Waals surface area contributed by atoms with E-state index >= 15 is 0 Å². The summed E-state index contributed by atoms with van der Waals surface area (Å²) >= 11 is 0. The molecule has 2 rings (SSSR count). The molecule has 3 nitrogen and oxygen atoms in total. The first-order valence-corrected chi connectivity index (χ1v) is 5.23. The van der Waals surface area contributed by atoms with Gasteiger partial charge in [0.25, 0.3) is 0 Å². The van der Waals surface area contributed by atoms with Gasteiger partial charge < -0.3 is 10.8 Å². The van der Waals surface area contributed by atoms with Crippen molar-refractivity contribution in [2.24, 2.45) is 5.73 Å². The van der Waals surface area contributed by atoms with Crippen molar-refractivity contribution in [1.82, 2.24) is 0 Å². The van der Waals surface area contributed by atoms with Crippen LogP contribution in [0.15, 0.2) is 18.2 Å². The van der Waals surface area contributed by atoms with Gasteiger partial charge in [0.15, 0.2) is 0 Å². The van der Waals surface area contributed by atoms with Crippen LogP contribution in [0, 0.1) is 0 Å². The number of benzene rings is 1. The van der Waals surface area contributed by atoms with Crippen molar-refractivity contribution in [3.63, 3.8) is 0 Å². The van der Waals surface area contributed by atoms with Gasteiger partial charge in [-0.3, -0.25) is 4.79 Å². The molecule has 1 aromatic carbocycles. The summed E-state index contributed by atoms with van der Waals surface area (Å²) in [5.74, 6) is 0.173. The second-order valence-electron chi connectivity index (χ2n) is 4.25. The third-order valence-corrected chi connectivity index (χ3v) is 3.20. The highest BCUT2D eigenvalue weighted by molar-refractivity contribution is 5.78. The van der Waals surface area contributed by atoms with E-state index < -0.39 is 5.54 Å². The lowest BCUT2D eigenvalue weighted by Gasteiger charge is -2.25. The van der Waals surface area contributed by atoms with E-state index in [0.717, 1.165) is 37.5 Å². The molecule has 80 valence electrons. The van der Waals surface area contributed by atoms with Crippen LogP contribution >= 0.6 is 0 Å². The Kier molecular flexibility index (Phi) is 2.49. The Morgan fingerprint density at radius 3 is 2.60 bits per heavy atom. The largest absolute Gasteiger partial charge is 0.508 e. The van der Waals surface area contributed by atoms with Gasteiger partial charge in [-0.25, -0.2) is 0 Å². The van der Waals surface area contributed by atoms with Gasteiger partial charge in [-0.1, -0.05) is 12.8 Å². The molecule has 0 atom stereocenters. The second kappa shape index (κ2) is 3.66. The molecule has 0 heterocycles. The zero-order valence-electron chi connectivity index (χ0n) is 8.57. The first-order chi connectivity index (χ1) is 7.15. The van der Waals surface area contributed by atoms with Crippen molar-refractivity contribution in [1.29, 1.82) is 0 Å². The van der Waals surface area contributed by atoms with Crippen LogP contribution in [0.2, 0.25) is 0 Å². The molecule has 1 aliphatic carbocycles. The Hall–Kier alpha value is -1.35. The van der Waals surface area contributed by atoms with Gasteiger partial charge in [0, 0.05) is 11.1 Å². The second-order valence-corrected chi connectivity index (χ2v) is 4.25. The van der Waals surface area contributed by atoms with Gasteiger partial charge in [-0.05, 0) is 36.6 Å². The van der Waals surface area contributed by atoms with E-state index in [1.807, 2.05) is 0 Å². The molecule has 1 aliphatic rings. The molecule has 0 spiro atoms. The number of aromatic hydroxyl groups is 1. The zero-order valence-corrected chi connectivity index (χ0v) is 8.57. The Morgan fingerprint density at radius 1 is 1.33 bits per heavy atom. The number of rotatable bonds is 2. The summed E-state index contributed by atoms with van der Waals surface area (Å²) in [6.45, 7) is 0. The van der Waals surface area contributed by atoms with Crippen molar-refractivity contribution in [2.75, 3.05) is 0 Å². The standard InChI is InChI=1S/C12H15NO2/c13-12(5-1-2-6-12)11-7-10(15)4-3-9(11)8-14/h3-4,7-8,15H,1-2,5-6,13H2. The van der Waals surface area contributed by atoms with Crippen molar-refractivity contribution >= 4 is 6.29 Å². The fourth-order valence-electron chi connectivity index (χ4n) is 2.35. The Labute approximate surface area is 88.9 Å². The highest BCUT2D eigenvalue weighted by Crippen LogP contribution is 2.38. The fourth-order valence-corrected chi connectivity index (χ4v) is 2.35. The Morgan fingerprint density at radius 2 is 2.00 bits per heavy atom. The van der Waals surface area contributed by atoms with E-state index in [1.54, 1.807) is 12.1 Å². The lowest BCUT2D eigenvalue weighted by atomic mass is 9.86. The maximum atomic E-state index is 10.9. The number of carbonyl (C=O) groups excluding carboxylic acids is 1. The van der Waals surface area contributed by atoms with Gasteiger partial charge in [-0.15, -0.1) is 0 Å². The summed E-state index contributed by atoms with van der Waals surface area (Å²) in [6, 6.07) is 4.77. The van der Waals surface area contributed by atoms with E-state index in [4.69, 9.17) is 5.73 Å². The maximum absolute atomic E-state index is 10.9. The quantitative estimate of drug-likeness (QED) is 0.725. The molecule has 0 aromatic heterocycles. The lowest BCUT2D eigenvalue weighted by Crippen LogP contribution is -2.34. The predicted octanol–water partition coefficient (Wildman–Crippen LogP) is 1.93. The van der Waals surface area contributed by atoms with Crippen LogP contribution < -0.4 is 5.73 Å². The molecular weight excluding hydrogens is 190 g/mol. The third-order valence-electron chi connectivity index (χ3n) is 3.20. The van der Waals surface area contributed by atoms with E-state index in [9.17, 15) is 9.90 Å². The van der Waals surface area contributed by atoms with Crippen LogP contribution in [0.1, 0.15) is 41.6 Å². The van der Waals surface area contributed by atoms with E-state index in [2.05, 4.69) is 0 Å². The van der Waals surface area contributed by atoms with Gasteiger partial charge >= 0.3 is 0 Å². The van der Waals surface area contributed by atoms with Gasteiger partial charge in [0.05, 0.1) is 0 Å². The predicted molar refractivity (Wildman–Crippen MR) is 57.8 cm³/mol. The Bertz CT molecular complexity index is 381. The van der Waals surface area contributed by atoms with Crippen molar-refractivity contribution in [3.8, 4) is 5.75 Å². The molecule has 3 N–H and O–H groups in total. The number of phenolic OH excluding ortho intramolecular Hbond substituents is 1. The molecule has 0 bridgehead atoms. The van der Waals surface area contributed by atoms with Crippen molar-refractivity contribution < 1.29 is 9.90 Å². The Balaban J connectivity index is 2.49. The molecule has 1 saturated carbocycles. The molecule has 0 unspecified atom stereocenters. The smallest absolute Gasteiger partial charge is 0.150 e. The van der Waals surface area contributed by atoms with Crippen LogP contribution in [0.4, 0.5) is 0 Å². The number of hydrogen-bond acceptors (Lipinski definition) is 3. The monoisotopic (exact) mass is 205 g/mol. The molecule has 0 amide bonds. The highest BCUT2D eigenvalue weighted by Gasteiger charge is 2.33. The maximum Gasteiger partial charge on any atom is 0.150 e. The van der Waals surface area contributed by atoms with Crippen molar-refractivity contribution in [2.45, 2.75) is 31.2 Å². The third kappa shape index (κ3) is 1.75. The number of aldehydes is 1. The molecular formula is C12H15NO2. The van der Waals surface area contributed by atoms with Crippen LogP contribution in [0.3, 0.4) is 0 Å². The summed E-state index contributed by atoms with van der Waals surface area (Å²) in [5.41, 5.74) is 7.22. The first-order valence-electron chi connectivity index (χ1n) is 5.23. The van der Waals surface area contributed by atoms with Crippen LogP contribution in [-0.4, -0.2) is 11.4 Å². The lowest BCUT2D eigenvalue weighted by molar-refractivity contribution is 0.112. The zero-order chi connectivity index (χ0) is 10.9. The normalized spacial score (nSPS) is 19.0. The van der Waals surface area contributed by atoms with Crippen molar-refractivity contribution in [3.05, 3.63) is 29.3 Å². The van der Waals surface area contributed by atoms with E-state index in [-0.39, 0.29) is 5.75 Å². The molecule has 0 aliphatic heterocycles. The topological polar surface area (TPSA) is 63.3 Å². The number of nitrogens with two attached hydrogens (primary N) is 1. The number of carbonyl (C=O) groups is 1. The summed E-state index contributed by atoms with van der Waals surface area (Å²) < 4.78 is 0. The van der Waals surface area contributed by atoms with Crippen LogP contribution in [-0.2, 0) is 5.54 Å².